The van der Waals surface area contributed by atoms with E-state index < -0.39 is 5.97 Å². The van der Waals surface area contributed by atoms with Crippen LogP contribution in [-0.4, -0.2) is 28.1 Å². The van der Waals surface area contributed by atoms with Gasteiger partial charge in [-0.15, -0.1) is 11.8 Å². The number of thioether (sulfide) groups is 1. The summed E-state index contributed by atoms with van der Waals surface area (Å²) < 4.78 is 0. The van der Waals surface area contributed by atoms with Gasteiger partial charge in [0.15, 0.2) is 0 Å². The minimum Gasteiger partial charge on any atom is -0.481 e. The average Bonchev–Trinajstić information content (AvgIpc) is 3.11. The van der Waals surface area contributed by atoms with Crippen molar-refractivity contribution in [2.24, 2.45) is 0 Å². The van der Waals surface area contributed by atoms with Gasteiger partial charge in [-0.25, -0.2) is 0 Å². The largest absolute Gasteiger partial charge is 0.481 e. The van der Waals surface area contributed by atoms with Gasteiger partial charge in [0, 0.05) is 26.9 Å². The zero-order valence-corrected chi connectivity index (χ0v) is 16.6. The van der Waals surface area contributed by atoms with Crippen LogP contribution in [0.2, 0.25) is 0 Å². The predicted molar refractivity (Wildman–Crippen MR) is 117 cm³/mol. The molecule has 5 heteroatoms. The lowest BCUT2D eigenvalue weighted by Crippen LogP contribution is -2.08. The average molecular weight is 401 g/mol. The molecule has 0 unspecified atom stereocenters. The maximum absolute atomic E-state index is 13.2. The normalized spacial score (nSPS) is 10.9. The number of carbonyl (C=O) groups is 2. The summed E-state index contributed by atoms with van der Waals surface area (Å²) >= 11 is 1.68. The summed E-state index contributed by atoms with van der Waals surface area (Å²) in [7, 11) is 0. The van der Waals surface area contributed by atoms with Crippen molar-refractivity contribution in [2.75, 3.05) is 6.26 Å². The third-order valence-electron chi connectivity index (χ3n) is 4.93. The first-order valence-corrected chi connectivity index (χ1v) is 10.4. The first-order valence-electron chi connectivity index (χ1n) is 9.18. The molecule has 0 saturated heterocycles. The molecule has 0 radical (unpaired) electrons. The van der Waals surface area contributed by atoms with Crippen LogP contribution in [0.3, 0.4) is 0 Å². The van der Waals surface area contributed by atoms with Crippen LogP contribution in [0.4, 0.5) is 0 Å². The molecule has 0 aliphatic heterocycles. The van der Waals surface area contributed by atoms with E-state index in [-0.39, 0.29) is 12.2 Å². The number of para-hydroxylation sites is 1. The van der Waals surface area contributed by atoms with Crippen LogP contribution >= 0.6 is 11.8 Å². The number of H-pyrrole nitrogens is 1. The molecule has 4 nitrogen and oxygen atoms in total. The number of hydrogen-bond donors (Lipinski definition) is 2. The second kappa shape index (κ2) is 7.97. The van der Waals surface area contributed by atoms with Crippen molar-refractivity contribution < 1.29 is 14.7 Å². The minimum absolute atomic E-state index is 0.204. The highest BCUT2D eigenvalue weighted by atomic mass is 32.2. The van der Waals surface area contributed by atoms with E-state index >= 15 is 0 Å². The molecule has 0 atom stereocenters. The number of carboxylic acid groups (broad SMARTS) is 1. The summed E-state index contributed by atoms with van der Waals surface area (Å²) in [5, 5.41) is 10.1. The Balaban J connectivity index is 1.73. The van der Waals surface area contributed by atoms with Gasteiger partial charge in [0.05, 0.1) is 12.1 Å². The number of aromatic nitrogens is 1. The van der Waals surface area contributed by atoms with E-state index in [4.69, 9.17) is 0 Å². The molecule has 0 bridgehead atoms. The molecular weight excluding hydrogens is 382 g/mol. The molecule has 144 valence electrons. The lowest BCUT2D eigenvalue weighted by Gasteiger charge is -2.08. The molecule has 0 saturated carbocycles. The Kier molecular flexibility index (Phi) is 5.23. The lowest BCUT2D eigenvalue weighted by atomic mass is 9.98. The van der Waals surface area contributed by atoms with E-state index in [0.29, 0.717) is 16.8 Å². The molecule has 4 rings (SSSR count). The molecule has 1 heterocycles. The van der Waals surface area contributed by atoms with Gasteiger partial charge < -0.3 is 10.1 Å². The zero-order valence-electron chi connectivity index (χ0n) is 15.8. The number of ketones is 1. The molecule has 0 amide bonds. The third-order valence-corrected chi connectivity index (χ3v) is 5.73. The molecular formula is C24H19NO3S. The Bertz CT molecular complexity index is 1210. The van der Waals surface area contributed by atoms with Gasteiger partial charge in [0.2, 0.25) is 5.78 Å². The topological polar surface area (TPSA) is 70.2 Å². The third kappa shape index (κ3) is 3.69. The molecule has 0 spiro atoms. The lowest BCUT2D eigenvalue weighted by molar-refractivity contribution is -0.136. The van der Waals surface area contributed by atoms with Crippen LogP contribution in [0, 0.1) is 0 Å². The van der Waals surface area contributed by atoms with Gasteiger partial charge in [-0.3, -0.25) is 9.59 Å². The Morgan fingerprint density at radius 3 is 2.34 bits per heavy atom. The fraction of sp³-hybridized carbons (Fsp3) is 0.0833. The zero-order chi connectivity index (χ0) is 20.4. The van der Waals surface area contributed by atoms with E-state index in [1.165, 1.54) is 4.90 Å². The molecule has 3 aromatic carbocycles. The highest BCUT2D eigenvalue weighted by molar-refractivity contribution is 7.98. The fourth-order valence-corrected chi connectivity index (χ4v) is 4.18. The van der Waals surface area contributed by atoms with E-state index in [9.17, 15) is 14.7 Å². The maximum Gasteiger partial charge on any atom is 0.307 e. The fourth-order valence-electron chi connectivity index (χ4n) is 3.56. The van der Waals surface area contributed by atoms with Crippen LogP contribution in [-0.2, 0) is 11.2 Å². The second-order valence-corrected chi connectivity index (χ2v) is 7.55. The van der Waals surface area contributed by atoms with Gasteiger partial charge in [0.25, 0.3) is 0 Å². The standard InChI is InChI=1S/C24H19NO3S/c1-29-21-9-5-3-6-17(21)15-10-12-16(13-11-15)24(28)23-19(14-22(26)27)18-7-2-4-8-20(18)25-23/h2-13,25H,14H2,1H3,(H,26,27). The summed E-state index contributed by atoms with van der Waals surface area (Å²) in [5.41, 5.74) is 4.30. The van der Waals surface area contributed by atoms with Gasteiger partial charge in [-0.2, -0.15) is 0 Å². The number of rotatable bonds is 6. The van der Waals surface area contributed by atoms with Crippen LogP contribution in [0.15, 0.2) is 77.7 Å². The summed E-state index contributed by atoms with van der Waals surface area (Å²) in [6, 6.07) is 23.0. The molecule has 0 aliphatic rings. The van der Waals surface area contributed by atoms with Gasteiger partial charge in [-0.1, -0.05) is 60.7 Å². The van der Waals surface area contributed by atoms with Crippen molar-refractivity contribution in [3.63, 3.8) is 0 Å². The number of aliphatic carboxylic acids is 1. The van der Waals surface area contributed by atoms with Crippen molar-refractivity contribution in [2.45, 2.75) is 11.3 Å². The summed E-state index contributed by atoms with van der Waals surface area (Å²) in [5.74, 6) is -1.17. The number of carboxylic acids is 1. The van der Waals surface area contributed by atoms with Crippen molar-refractivity contribution in [1.29, 1.82) is 0 Å². The summed E-state index contributed by atoms with van der Waals surface area (Å²) in [6.07, 6.45) is 1.83. The number of carbonyl (C=O) groups excluding carboxylic acids is 1. The van der Waals surface area contributed by atoms with Crippen molar-refractivity contribution in [1.82, 2.24) is 4.98 Å². The molecule has 29 heavy (non-hydrogen) atoms. The highest BCUT2D eigenvalue weighted by Crippen LogP contribution is 2.31. The van der Waals surface area contributed by atoms with Crippen LogP contribution in [0.5, 0.6) is 0 Å². The first-order chi connectivity index (χ1) is 14.1. The van der Waals surface area contributed by atoms with Crippen molar-refractivity contribution in [3.05, 3.63) is 89.6 Å². The molecule has 4 aromatic rings. The van der Waals surface area contributed by atoms with Crippen molar-refractivity contribution in [3.8, 4) is 11.1 Å². The van der Waals surface area contributed by atoms with E-state index in [1.54, 1.807) is 23.9 Å². The van der Waals surface area contributed by atoms with Crippen LogP contribution in [0.25, 0.3) is 22.0 Å². The summed E-state index contributed by atoms with van der Waals surface area (Å²) in [4.78, 5) is 28.8. The van der Waals surface area contributed by atoms with Gasteiger partial charge in [-0.05, 0) is 29.5 Å². The quantitative estimate of drug-likeness (QED) is 0.335. The maximum atomic E-state index is 13.2. The van der Waals surface area contributed by atoms with E-state index in [2.05, 4.69) is 17.1 Å². The highest BCUT2D eigenvalue weighted by Gasteiger charge is 2.21. The number of aromatic amines is 1. The SMILES string of the molecule is CSc1ccccc1-c1ccc(C(=O)c2[nH]c3ccccc3c2CC(=O)O)cc1. The van der Waals surface area contributed by atoms with E-state index in [1.807, 2.05) is 54.8 Å². The molecule has 0 fully saturated rings. The smallest absolute Gasteiger partial charge is 0.307 e. The number of fused-ring (bicyclic) bond motifs is 1. The van der Waals surface area contributed by atoms with Crippen molar-refractivity contribution >= 4 is 34.4 Å². The molecule has 1 aromatic heterocycles. The monoisotopic (exact) mass is 401 g/mol. The predicted octanol–water partition coefficient (Wildman–Crippen LogP) is 5.41. The number of hydrogen-bond acceptors (Lipinski definition) is 3. The minimum atomic E-state index is -0.965. The Morgan fingerprint density at radius 2 is 1.62 bits per heavy atom. The van der Waals surface area contributed by atoms with Gasteiger partial charge >= 0.3 is 5.97 Å². The number of benzene rings is 3. The summed E-state index contributed by atoms with van der Waals surface area (Å²) in [6.45, 7) is 0. The second-order valence-electron chi connectivity index (χ2n) is 6.70. The Morgan fingerprint density at radius 1 is 0.931 bits per heavy atom. The first kappa shape index (κ1) is 19.0. The Hall–Kier alpha value is -3.31. The molecule has 0 aliphatic carbocycles. The van der Waals surface area contributed by atoms with E-state index in [0.717, 1.165) is 22.0 Å². The van der Waals surface area contributed by atoms with Crippen LogP contribution in [0.1, 0.15) is 21.6 Å². The Labute approximate surface area is 172 Å². The van der Waals surface area contributed by atoms with Crippen LogP contribution < -0.4 is 0 Å². The van der Waals surface area contributed by atoms with Gasteiger partial charge in [0.1, 0.15) is 0 Å². The number of nitrogens with one attached hydrogen (secondary N) is 1. The molecule has 2 N–H and O–H groups in total.